The first-order chi connectivity index (χ1) is 12.7. The molecular formula is C22H62Si8. The zero-order valence-corrected chi connectivity index (χ0v) is 32.8. The van der Waals surface area contributed by atoms with Crippen LogP contribution in [0.4, 0.5) is 0 Å². The van der Waals surface area contributed by atoms with Crippen LogP contribution in [0.25, 0.3) is 0 Å². The minimum absolute atomic E-state index is 1.11. The average molecular weight is 551 g/mol. The molecule has 0 unspecified atom stereocenters. The van der Waals surface area contributed by atoms with E-state index in [1.165, 1.54) is 0 Å². The van der Waals surface area contributed by atoms with Gasteiger partial charge in [-0.15, -0.1) is 0 Å². The molecule has 0 aromatic rings. The molecule has 0 aliphatic heterocycles. The summed E-state index contributed by atoms with van der Waals surface area (Å²) in [6, 6.07) is 3.39. The highest BCUT2D eigenvalue weighted by Gasteiger charge is 2.62. The fourth-order valence-corrected chi connectivity index (χ4v) is 208. The van der Waals surface area contributed by atoms with Gasteiger partial charge in [0.1, 0.15) is 0 Å². The molecular weight excluding hydrogens is 489 g/mol. The molecule has 0 heterocycles. The van der Waals surface area contributed by atoms with Crippen molar-refractivity contribution in [2.45, 2.75) is 143 Å². The highest BCUT2D eigenvalue weighted by molar-refractivity contribution is 7.90. The van der Waals surface area contributed by atoms with E-state index < -0.39 is 58.8 Å². The zero-order chi connectivity index (χ0) is 24.8. The SMILES string of the molecule is C[Si](C)(C)[Si](CCCC[Si]([Si](C)(C)C)([Si](C)(C)C)[Si](C)(C)C)([Si](C)(C)C)[Si](C)(C)C. The molecule has 0 N–H and O–H groups in total. The molecule has 0 saturated heterocycles. The summed E-state index contributed by atoms with van der Waals surface area (Å²) >= 11 is 0. The lowest BCUT2D eigenvalue weighted by Crippen LogP contribution is -2.83. The van der Waals surface area contributed by atoms with Gasteiger partial charge >= 0.3 is 0 Å². The Morgan fingerprint density at radius 1 is 0.267 bits per heavy atom. The van der Waals surface area contributed by atoms with Gasteiger partial charge in [-0.25, -0.2) is 0 Å². The standard InChI is InChI=1S/C22H62Si8/c1-23(2,3)29(24(4,5)6,25(7,8)9)21-19-20-22-30(26(10,11)12,27(13,14)15)28(16,17)18/h19-22H2,1-18H3. The van der Waals surface area contributed by atoms with E-state index in [9.17, 15) is 0 Å². The molecule has 0 nitrogen and oxygen atoms in total. The fraction of sp³-hybridized carbons (Fsp3) is 1.00. The minimum Gasteiger partial charge on any atom is -0.0718 e. The Labute approximate surface area is 200 Å². The van der Waals surface area contributed by atoms with Crippen molar-refractivity contribution in [3.63, 3.8) is 0 Å². The molecule has 0 atom stereocenters. The van der Waals surface area contributed by atoms with Gasteiger partial charge in [-0.2, -0.15) is 0 Å². The average Bonchev–Trinajstić information content (AvgIpc) is 2.32. The van der Waals surface area contributed by atoms with Crippen LogP contribution in [0.2, 0.25) is 130 Å². The van der Waals surface area contributed by atoms with E-state index in [4.69, 9.17) is 0 Å². The summed E-state index contributed by atoms with van der Waals surface area (Å²) in [5, 5.41) is 0. The second kappa shape index (κ2) is 9.41. The molecule has 0 spiro atoms. The Bertz CT molecular complexity index is 433. The monoisotopic (exact) mass is 550 g/mol. The van der Waals surface area contributed by atoms with E-state index in [2.05, 4.69) is 118 Å². The Morgan fingerprint density at radius 3 is 0.500 bits per heavy atom. The van der Waals surface area contributed by atoms with Crippen LogP contribution < -0.4 is 0 Å². The smallest absolute Gasteiger partial charge is 0.0374 e. The van der Waals surface area contributed by atoms with Gasteiger partial charge in [0.25, 0.3) is 0 Å². The van der Waals surface area contributed by atoms with E-state index >= 15 is 0 Å². The van der Waals surface area contributed by atoms with Gasteiger partial charge in [-0.1, -0.05) is 143 Å². The molecule has 0 fully saturated rings. The second-order valence-electron chi connectivity index (χ2n) is 16.5. The summed E-state index contributed by atoms with van der Waals surface area (Å²) in [5.74, 6) is 0. The molecule has 0 saturated carbocycles. The first kappa shape index (κ1) is 31.7. The van der Waals surface area contributed by atoms with Crippen molar-refractivity contribution in [1.82, 2.24) is 0 Å². The third-order valence-electron chi connectivity index (χ3n) is 9.04. The Hall–Kier alpha value is 1.74. The number of rotatable bonds is 11. The lowest BCUT2D eigenvalue weighted by Gasteiger charge is -2.59. The highest BCUT2D eigenvalue weighted by Crippen LogP contribution is 2.44. The molecule has 30 heavy (non-hydrogen) atoms. The van der Waals surface area contributed by atoms with Gasteiger partial charge in [0.15, 0.2) is 0 Å². The van der Waals surface area contributed by atoms with E-state index in [0.29, 0.717) is 0 Å². The molecule has 0 aliphatic rings. The molecule has 0 rings (SSSR count). The quantitative estimate of drug-likeness (QED) is 0.177. The van der Waals surface area contributed by atoms with Crippen molar-refractivity contribution >= 4 is 58.8 Å². The maximum Gasteiger partial charge on any atom is 0.0374 e. The maximum absolute atomic E-state index is 2.78. The molecule has 182 valence electrons. The van der Waals surface area contributed by atoms with Crippen LogP contribution in [0.3, 0.4) is 0 Å². The predicted molar refractivity (Wildman–Crippen MR) is 170 cm³/mol. The second-order valence-corrected chi connectivity index (χ2v) is 99.5. The molecule has 0 bridgehead atoms. The van der Waals surface area contributed by atoms with Gasteiger partial charge < -0.3 is 0 Å². The van der Waals surface area contributed by atoms with Crippen LogP contribution in [-0.4, -0.2) is 58.8 Å². The normalized spacial score (nSPS) is 16.2. The summed E-state index contributed by atoms with van der Waals surface area (Å²) in [7, 11) is -6.68. The van der Waals surface area contributed by atoms with Crippen molar-refractivity contribution in [1.29, 1.82) is 0 Å². The van der Waals surface area contributed by atoms with Gasteiger partial charge in [-0.3, -0.25) is 0 Å². The topological polar surface area (TPSA) is 0 Å². The predicted octanol–water partition coefficient (Wildman–Crippen LogP) is 9.16. The molecule has 0 aliphatic carbocycles. The van der Waals surface area contributed by atoms with Crippen molar-refractivity contribution in [3.8, 4) is 0 Å². The van der Waals surface area contributed by atoms with Crippen LogP contribution >= 0.6 is 0 Å². The zero-order valence-electron chi connectivity index (χ0n) is 24.8. The molecule has 0 amide bonds. The summed E-state index contributed by atoms with van der Waals surface area (Å²) in [5.41, 5.74) is 0. The molecule has 0 aromatic heterocycles. The lowest BCUT2D eigenvalue weighted by molar-refractivity contribution is 0.868. The van der Waals surface area contributed by atoms with Crippen LogP contribution in [0.15, 0.2) is 0 Å². The molecule has 0 radical (unpaired) electrons. The van der Waals surface area contributed by atoms with Gasteiger partial charge in [0.2, 0.25) is 0 Å². The summed E-state index contributed by atoms with van der Waals surface area (Å²) < 4.78 is 0. The van der Waals surface area contributed by atoms with Crippen molar-refractivity contribution in [2.75, 3.05) is 0 Å². The summed E-state index contributed by atoms with van der Waals surface area (Å²) in [4.78, 5) is 0. The largest absolute Gasteiger partial charge is 0.0718 e. The van der Waals surface area contributed by atoms with Gasteiger partial charge in [-0.05, 0) is 0 Å². The van der Waals surface area contributed by atoms with Crippen LogP contribution in [0.5, 0.6) is 0 Å². The van der Waals surface area contributed by atoms with Crippen LogP contribution in [0, 0.1) is 0 Å². The summed E-state index contributed by atoms with van der Waals surface area (Å²) in [6.45, 7) is 47.7. The Balaban J connectivity index is 6.07. The lowest BCUT2D eigenvalue weighted by atomic mass is 10.4. The Kier molecular flexibility index (Phi) is 9.96. The number of hydrogen-bond acceptors (Lipinski definition) is 0. The van der Waals surface area contributed by atoms with E-state index in [0.717, 1.165) is 0 Å². The maximum atomic E-state index is 2.78. The highest BCUT2D eigenvalue weighted by atomic mass is 29.9. The number of unbranched alkanes of at least 4 members (excludes halogenated alkanes) is 1. The Morgan fingerprint density at radius 2 is 0.400 bits per heavy atom. The van der Waals surface area contributed by atoms with Crippen LogP contribution in [-0.2, 0) is 0 Å². The number of hydrogen-bond donors (Lipinski definition) is 0. The molecule has 0 aromatic carbocycles. The third kappa shape index (κ3) is 5.86. The summed E-state index contributed by atoms with van der Waals surface area (Å²) in [6.07, 6.45) is 3.17. The van der Waals surface area contributed by atoms with Crippen molar-refractivity contribution < 1.29 is 0 Å². The fourth-order valence-electron chi connectivity index (χ4n) is 9.78. The third-order valence-corrected chi connectivity index (χ3v) is 158. The van der Waals surface area contributed by atoms with Gasteiger partial charge in [0, 0.05) is 58.8 Å². The van der Waals surface area contributed by atoms with Gasteiger partial charge in [0.05, 0.1) is 0 Å². The van der Waals surface area contributed by atoms with Crippen molar-refractivity contribution in [2.24, 2.45) is 0 Å². The van der Waals surface area contributed by atoms with Crippen molar-refractivity contribution in [3.05, 3.63) is 0 Å². The van der Waals surface area contributed by atoms with E-state index in [-0.39, 0.29) is 0 Å². The first-order valence-electron chi connectivity index (χ1n) is 12.7. The van der Waals surface area contributed by atoms with E-state index in [1.807, 2.05) is 0 Å². The first-order valence-corrected chi connectivity index (χ1v) is 44.1. The van der Waals surface area contributed by atoms with Crippen LogP contribution in [0.1, 0.15) is 12.8 Å². The minimum atomic E-state index is -1.17. The van der Waals surface area contributed by atoms with E-state index in [1.54, 1.807) is 24.9 Å². The molecule has 8 heteroatoms.